The van der Waals surface area contributed by atoms with E-state index in [9.17, 15) is 18.3 Å². The Bertz CT molecular complexity index is 827. The SMILES string of the molecule is Cc1ccc(S(=O)(=O)[C@H](CCCCCc2ccc(Cl)cc2)C(=O)O)cc1. The summed E-state index contributed by atoms with van der Waals surface area (Å²) in [5.41, 5.74) is 2.09. The molecule has 0 bridgehead atoms. The molecule has 4 nitrogen and oxygen atoms in total. The van der Waals surface area contributed by atoms with Crippen LogP contribution >= 0.6 is 11.6 Å². The fourth-order valence-electron chi connectivity index (χ4n) is 2.79. The van der Waals surface area contributed by atoms with Crippen molar-refractivity contribution in [3.8, 4) is 0 Å². The highest BCUT2D eigenvalue weighted by atomic mass is 35.5. The Morgan fingerprint density at radius 2 is 1.62 bits per heavy atom. The minimum atomic E-state index is -3.88. The van der Waals surface area contributed by atoms with Crippen molar-refractivity contribution < 1.29 is 18.3 Å². The summed E-state index contributed by atoms with van der Waals surface area (Å²) in [5.74, 6) is -1.29. The van der Waals surface area contributed by atoms with Gasteiger partial charge >= 0.3 is 5.97 Å². The van der Waals surface area contributed by atoms with Crippen LogP contribution in [0.5, 0.6) is 0 Å². The molecule has 1 N–H and O–H groups in total. The fourth-order valence-corrected chi connectivity index (χ4v) is 4.50. The molecule has 140 valence electrons. The van der Waals surface area contributed by atoms with Gasteiger partial charge in [0, 0.05) is 5.02 Å². The number of benzene rings is 2. The van der Waals surface area contributed by atoms with Crippen LogP contribution in [-0.2, 0) is 21.1 Å². The van der Waals surface area contributed by atoms with Gasteiger partial charge in [-0.15, -0.1) is 0 Å². The minimum absolute atomic E-state index is 0.0664. The molecule has 0 heterocycles. The third kappa shape index (κ3) is 5.58. The van der Waals surface area contributed by atoms with E-state index in [1.165, 1.54) is 12.1 Å². The van der Waals surface area contributed by atoms with Gasteiger partial charge in [0.25, 0.3) is 0 Å². The largest absolute Gasteiger partial charge is 0.480 e. The minimum Gasteiger partial charge on any atom is -0.480 e. The molecular weight excluding hydrogens is 372 g/mol. The number of aryl methyl sites for hydroxylation is 2. The van der Waals surface area contributed by atoms with Gasteiger partial charge in [-0.2, -0.15) is 0 Å². The van der Waals surface area contributed by atoms with Crippen molar-refractivity contribution in [2.24, 2.45) is 0 Å². The maximum absolute atomic E-state index is 12.6. The van der Waals surface area contributed by atoms with E-state index in [4.69, 9.17) is 11.6 Å². The van der Waals surface area contributed by atoms with E-state index in [0.29, 0.717) is 11.4 Å². The summed E-state index contributed by atoms with van der Waals surface area (Å²) in [6.07, 6.45) is 3.18. The molecule has 2 aromatic carbocycles. The first-order chi connectivity index (χ1) is 12.3. The number of carbonyl (C=O) groups is 1. The number of hydrogen-bond donors (Lipinski definition) is 1. The van der Waals surface area contributed by atoms with E-state index in [1.807, 2.05) is 31.2 Å². The topological polar surface area (TPSA) is 71.4 Å². The van der Waals surface area contributed by atoms with Gasteiger partial charge in [0.05, 0.1) is 4.90 Å². The highest BCUT2D eigenvalue weighted by Gasteiger charge is 2.33. The molecule has 0 aliphatic heterocycles. The van der Waals surface area contributed by atoms with E-state index < -0.39 is 21.1 Å². The number of hydrogen-bond acceptors (Lipinski definition) is 3. The third-order valence-corrected chi connectivity index (χ3v) is 6.71. The maximum Gasteiger partial charge on any atom is 0.322 e. The van der Waals surface area contributed by atoms with E-state index in [2.05, 4.69) is 0 Å². The zero-order valence-corrected chi connectivity index (χ0v) is 16.3. The van der Waals surface area contributed by atoms with Crippen LogP contribution in [-0.4, -0.2) is 24.7 Å². The smallest absolute Gasteiger partial charge is 0.322 e. The first-order valence-corrected chi connectivity index (χ1v) is 10.5. The van der Waals surface area contributed by atoms with Crippen molar-refractivity contribution in [3.63, 3.8) is 0 Å². The second kappa shape index (κ2) is 9.19. The van der Waals surface area contributed by atoms with Crippen LogP contribution in [0, 0.1) is 6.92 Å². The molecule has 0 saturated carbocycles. The summed E-state index contributed by atoms with van der Waals surface area (Å²) in [5, 5.41) is 8.69. The Labute approximate surface area is 159 Å². The third-order valence-electron chi connectivity index (χ3n) is 4.34. The highest BCUT2D eigenvalue weighted by molar-refractivity contribution is 7.92. The number of sulfone groups is 1. The number of carboxylic acids is 1. The van der Waals surface area contributed by atoms with Gasteiger partial charge in [-0.25, -0.2) is 8.42 Å². The normalized spacial score (nSPS) is 12.7. The molecule has 0 fully saturated rings. The van der Waals surface area contributed by atoms with Gasteiger partial charge in [-0.1, -0.05) is 54.3 Å². The molecule has 2 aromatic rings. The number of unbranched alkanes of at least 4 members (excludes halogenated alkanes) is 2. The van der Waals surface area contributed by atoms with Gasteiger partial charge in [0.2, 0.25) is 0 Å². The van der Waals surface area contributed by atoms with Crippen LogP contribution in [0.15, 0.2) is 53.4 Å². The molecule has 0 radical (unpaired) electrons. The molecule has 1 atom stereocenters. The number of rotatable bonds is 9. The first-order valence-electron chi connectivity index (χ1n) is 8.58. The lowest BCUT2D eigenvalue weighted by atomic mass is 10.1. The Morgan fingerprint density at radius 1 is 1.00 bits per heavy atom. The number of carboxylic acid groups (broad SMARTS) is 1. The summed E-state index contributed by atoms with van der Waals surface area (Å²) >= 11 is 5.85. The Morgan fingerprint density at radius 3 is 2.19 bits per heavy atom. The maximum atomic E-state index is 12.6. The molecule has 2 rings (SSSR count). The lowest BCUT2D eigenvalue weighted by molar-refractivity contribution is -0.136. The summed E-state index contributed by atoms with van der Waals surface area (Å²) in [6, 6.07) is 13.9. The van der Waals surface area contributed by atoms with Crippen LogP contribution in [0.2, 0.25) is 5.02 Å². The van der Waals surface area contributed by atoms with Gasteiger partial charge in [0.15, 0.2) is 15.1 Å². The molecule has 0 aliphatic carbocycles. The van der Waals surface area contributed by atoms with Gasteiger partial charge in [-0.05, 0) is 56.0 Å². The molecule has 0 aromatic heterocycles. The first kappa shape index (κ1) is 20.5. The predicted molar refractivity (Wildman–Crippen MR) is 103 cm³/mol. The number of aliphatic carboxylic acids is 1. The van der Waals surface area contributed by atoms with E-state index >= 15 is 0 Å². The van der Waals surface area contributed by atoms with Crippen molar-refractivity contribution in [2.45, 2.75) is 49.2 Å². The van der Waals surface area contributed by atoms with Gasteiger partial charge < -0.3 is 5.11 Å². The Hall–Kier alpha value is -1.85. The molecule has 26 heavy (non-hydrogen) atoms. The van der Waals surface area contributed by atoms with Crippen LogP contribution in [0.3, 0.4) is 0 Å². The molecule has 0 saturated heterocycles. The average Bonchev–Trinajstić information content (AvgIpc) is 2.59. The second-order valence-corrected chi connectivity index (χ2v) is 8.98. The van der Waals surface area contributed by atoms with Crippen LogP contribution in [0.25, 0.3) is 0 Å². The predicted octanol–water partition coefficient (Wildman–Crippen LogP) is 4.68. The Balaban J connectivity index is 1.90. The molecule has 0 aliphatic rings. The highest BCUT2D eigenvalue weighted by Crippen LogP contribution is 2.22. The van der Waals surface area contributed by atoms with Crippen molar-refractivity contribution in [1.29, 1.82) is 0 Å². The van der Waals surface area contributed by atoms with Gasteiger partial charge in [0.1, 0.15) is 0 Å². The summed E-state index contributed by atoms with van der Waals surface area (Å²) < 4.78 is 25.2. The molecule has 0 spiro atoms. The van der Waals surface area contributed by atoms with Crippen molar-refractivity contribution >= 4 is 27.4 Å². The average molecular weight is 395 g/mol. The molecule has 0 amide bonds. The quantitative estimate of drug-likeness (QED) is 0.627. The lowest BCUT2D eigenvalue weighted by Crippen LogP contribution is -2.30. The van der Waals surface area contributed by atoms with Crippen LogP contribution in [0.1, 0.15) is 36.8 Å². The zero-order chi connectivity index (χ0) is 19.2. The standard InChI is InChI=1S/C20H23ClO4S/c1-15-7-13-18(14-8-15)26(24,25)19(20(22)23)6-4-2-3-5-16-9-11-17(21)12-10-16/h7-14,19H,2-6H2,1H3,(H,22,23)/t19-/m1/s1. The van der Waals surface area contributed by atoms with E-state index in [0.717, 1.165) is 30.4 Å². The van der Waals surface area contributed by atoms with Crippen molar-refractivity contribution in [1.82, 2.24) is 0 Å². The zero-order valence-electron chi connectivity index (χ0n) is 14.7. The van der Waals surface area contributed by atoms with E-state index in [1.54, 1.807) is 12.1 Å². The molecular formula is C20H23ClO4S. The van der Waals surface area contributed by atoms with Crippen molar-refractivity contribution in [2.75, 3.05) is 0 Å². The molecule has 6 heteroatoms. The van der Waals surface area contributed by atoms with Crippen LogP contribution < -0.4 is 0 Å². The van der Waals surface area contributed by atoms with E-state index in [-0.39, 0.29) is 11.3 Å². The Kier molecular flexibility index (Phi) is 7.23. The van der Waals surface area contributed by atoms with Gasteiger partial charge in [-0.3, -0.25) is 4.79 Å². The number of halogens is 1. The summed E-state index contributed by atoms with van der Waals surface area (Å²) in [4.78, 5) is 11.6. The summed E-state index contributed by atoms with van der Waals surface area (Å²) in [6.45, 7) is 1.85. The lowest BCUT2D eigenvalue weighted by Gasteiger charge is -2.14. The van der Waals surface area contributed by atoms with Crippen LogP contribution in [0.4, 0.5) is 0 Å². The second-order valence-electron chi connectivity index (χ2n) is 6.41. The monoisotopic (exact) mass is 394 g/mol. The molecule has 0 unspecified atom stereocenters. The fraction of sp³-hybridized carbons (Fsp3) is 0.350. The van der Waals surface area contributed by atoms with Crippen molar-refractivity contribution in [3.05, 3.63) is 64.7 Å². The summed E-state index contributed by atoms with van der Waals surface area (Å²) in [7, 11) is -3.88.